The molecule has 0 spiro atoms. The number of nitrogens with one attached hydrogen (secondary N) is 1. The van der Waals surface area contributed by atoms with Gasteiger partial charge in [-0.05, 0) is 42.5 Å². The van der Waals surface area contributed by atoms with Gasteiger partial charge in [0.25, 0.3) is 10.2 Å². The zero-order chi connectivity index (χ0) is 16.4. The molecule has 3 N–H and O–H groups in total. The Kier molecular flexibility index (Phi) is 3.85. The van der Waals surface area contributed by atoms with Crippen LogP contribution < -0.4 is 14.6 Å². The Morgan fingerprint density at radius 3 is 2.52 bits per heavy atom. The maximum absolute atomic E-state index is 13.2. The van der Waals surface area contributed by atoms with Crippen LogP contribution in [-0.4, -0.2) is 13.4 Å². The molecule has 0 saturated carbocycles. The lowest BCUT2D eigenvalue weighted by Crippen LogP contribution is -2.21. The predicted molar refractivity (Wildman–Crippen MR) is 84.9 cm³/mol. The third kappa shape index (κ3) is 3.74. The topological polar surface area (TPSA) is 94.3 Å². The third-order valence-corrected chi connectivity index (χ3v) is 3.53. The maximum Gasteiger partial charge on any atom is 0.296 e. The summed E-state index contributed by atoms with van der Waals surface area (Å²) in [4.78, 5) is 4.09. The fourth-order valence-electron chi connectivity index (χ4n) is 2.07. The van der Waals surface area contributed by atoms with E-state index in [0.29, 0.717) is 28.1 Å². The zero-order valence-electron chi connectivity index (χ0n) is 11.7. The van der Waals surface area contributed by atoms with Crippen molar-refractivity contribution in [3.05, 3.63) is 60.5 Å². The highest BCUT2D eigenvalue weighted by Crippen LogP contribution is 2.29. The van der Waals surface area contributed by atoms with Gasteiger partial charge in [0.15, 0.2) is 0 Å². The van der Waals surface area contributed by atoms with Crippen molar-refractivity contribution in [1.29, 1.82) is 0 Å². The first-order chi connectivity index (χ1) is 10.9. The van der Waals surface area contributed by atoms with Crippen LogP contribution in [0.2, 0.25) is 0 Å². The Morgan fingerprint density at radius 1 is 1.09 bits per heavy atom. The molecule has 3 aromatic rings. The molecule has 1 aromatic heterocycles. The summed E-state index contributed by atoms with van der Waals surface area (Å²) in [5, 5.41) is 5.56. The van der Waals surface area contributed by atoms with Crippen molar-refractivity contribution >= 4 is 26.8 Å². The molecule has 23 heavy (non-hydrogen) atoms. The van der Waals surface area contributed by atoms with Crippen LogP contribution in [0, 0.1) is 5.82 Å². The van der Waals surface area contributed by atoms with Crippen LogP contribution in [0.25, 0.3) is 10.9 Å². The van der Waals surface area contributed by atoms with Crippen molar-refractivity contribution in [2.45, 2.75) is 0 Å². The standard InChI is InChI=1S/C15H12FN3O3S/c16-10-1-6-13-14(9-10)18-8-7-15(13)22-12-4-2-11(3-5-12)19-23(17,20)21/h1-9,19H,(H2,17,20,21). The van der Waals surface area contributed by atoms with Crippen LogP contribution in [0.3, 0.4) is 0 Å². The first-order valence-corrected chi connectivity index (χ1v) is 8.08. The summed E-state index contributed by atoms with van der Waals surface area (Å²) in [6.07, 6.45) is 1.52. The highest BCUT2D eigenvalue weighted by molar-refractivity contribution is 7.90. The van der Waals surface area contributed by atoms with Gasteiger partial charge in [-0.25, -0.2) is 9.53 Å². The van der Waals surface area contributed by atoms with Crippen LogP contribution in [0.1, 0.15) is 0 Å². The summed E-state index contributed by atoms with van der Waals surface area (Å²) in [5.74, 6) is 0.629. The molecule has 3 rings (SSSR count). The molecule has 6 nitrogen and oxygen atoms in total. The highest BCUT2D eigenvalue weighted by atomic mass is 32.2. The van der Waals surface area contributed by atoms with Crippen molar-refractivity contribution in [3.63, 3.8) is 0 Å². The molecule has 0 aliphatic heterocycles. The van der Waals surface area contributed by atoms with Crippen molar-refractivity contribution in [1.82, 2.24) is 4.98 Å². The number of fused-ring (bicyclic) bond motifs is 1. The number of nitrogens with zero attached hydrogens (tertiary/aromatic N) is 1. The minimum Gasteiger partial charge on any atom is -0.457 e. The van der Waals surface area contributed by atoms with Crippen LogP contribution in [-0.2, 0) is 10.2 Å². The van der Waals surface area contributed by atoms with E-state index in [1.807, 2.05) is 0 Å². The summed E-state index contributed by atoms with van der Waals surface area (Å²) in [7, 11) is -3.82. The van der Waals surface area contributed by atoms with Crippen molar-refractivity contribution in [2.24, 2.45) is 5.14 Å². The SMILES string of the molecule is NS(=O)(=O)Nc1ccc(Oc2ccnc3cc(F)ccc23)cc1. The molecule has 0 atom stereocenters. The van der Waals surface area contributed by atoms with E-state index in [-0.39, 0.29) is 5.82 Å². The van der Waals surface area contributed by atoms with E-state index >= 15 is 0 Å². The summed E-state index contributed by atoms with van der Waals surface area (Å²) in [6.45, 7) is 0. The lowest BCUT2D eigenvalue weighted by atomic mass is 10.2. The van der Waals surface area contributed by atoms with Gasteiger partial charge in [0.1, 0.15) is 17.3 Å². The van der Waals surface area contributed by atoms with Crippen LogP contribution in [0.15, 0.2) is 54.7 Å². The Balaban J connectivity index is 1.88. The largest absolute Gasteiger partial charge is 0.457 e. The van der Waals surface area contributed by atoms with E-state index in [2.05, 4.69) is 9.71 Å². The van der Waals surface area contributed by atoms with Gasteiger partial charge in [-0.2, -0.15) is 8.42 Å². The molecule has 0 amide bonds. The van der Waals surface area contributed by atoms with E-state index in [0.717, 1.165) is 0 Å². The number of benzene rings is 2. The van der Waals surface area contributed by atoms with Gasteiger partial charge in [0.05, 0.1) is 5.52 Å². The average molecular weight is 333 g/mol. The lowest BCUT2D eigenvalue weighted by Gasteiger charge is -2.09. The molecule has 118 valence electrons. The molecule has 0 aliphatic rings. The summed E-state index contributed by atoms with van der Waals surface area (Å²) < 4.78 is 43.0. The van der Waals surface area contributed by atoms with Crippen molar-refractivity contribution in [2.75, 3.05) is 4.72 Å². The first kappa shape index (κ1) is 15.2. The fraction of sp³-hybridized carbons (Fsp3) is 0. The van der Waals surface area contributed by atoms with Crippen LogP contribution in [0.4, 0.5) is 10.1 Å². The monoisotopic (exact) mass is 333 g/mol. The van der Waals surface area contributed by atoms with Gasteiger partial charge in [0.2, 0.25) is 0 Å². The number of pyridine rings is 1. The summed E-state index contributed by atoms with van der Waals surface area (Å²) >= 11 is 0. The van der Waals surface area contributed by atoms with Gasteiger partial charge in [-0.3, -0.25) is 9.71 Å². The van der Waals surface area contributed by atoms with Gasteiger partial charge in [-0.1, -0.05) is 0 Å². The Labute approximate surface area is 131 Å². The molecule has 0 bridgehead atoms. The fourth-order valence-corrected chi connectivity index (χ4v) is 2.53. The molecule has 0 fully saturated rings. The number of rotatable bonds is 4. The molecular formula is C15H12FN3O3S. The maximum atomic E-state index is 13.2. The van der Waals surface area contributed by atoms with E-state index < -0.39 is 10.2 Å². The second kappa shape index (κ2) is 5.82. The summed E-state index contributed by atoms with van der Waals surface area (Å²) in [5.41, 5.74) is 0.802. The number of ether oxygens (including phenoxy) is 1. The van der Waals surface area contributed by atoms with Crippen molar-refractivity contribution in [3.8, 4) is 11.5 Å². The number of halogens is 1. The Hall–Kier alpha value is -2.71. The molecular weight excluding hydrogens is 321 g/mol. The molecule has 0 unspecified atom stereocenters. The smallest absolute Gasteiger partial charge is 0.296 e. The highest BCUT2D eigenvalue weighted by Gasteiger charge is 2.07. The van der Waals surface area contributed by atoms with E-state index in [1.54, 1.807) is 24.3 Å². The van der Waals surface area contributed by atoms with E-state index in [9.17, 15) is 12.8 Å². The molecule has 0 radical (unpaired) electrons. The second-order valence-electron chi connectivity index (χ2n) is 4.74. The molecule has 1 heterocycles. The van der Waals surface area contributed by atoms with Crippen molar-refractivity contribution < 1.29 is 17.5 Å². The molecule has 0 aliphatic carbocycles. The zero-order valence-corrected chi connectivity index (χ0v) is 12.5. The number of aromatic nitrogens is 1. The van der Waals surface area contributed by atoms with Gasteiger partial charge < -0.3 is 4.74 Å². The minimum atomic E-state index is -3.82. The Morgan fingerprint density at radius 2 is 1.83 bits per heavy atom. The Bertz CT molecular complexity index is 959. The lowest BCUT2D eigenvalue weighted by molar-refractivity contribution is 0.488. The van der Waals surface area contributed by atoms with E-state index in [4.69, 9.17) is 9.88 Å². The molecule has 0 saturated heterocycles. The number of hydrogen-bond acceptors (Lipinski definition) is 4. The number of nitrogens with two attached hydrogens (primary N) is 1. The van der Waals surface area contributed by atoms with E-state index in [1.165, 1.54) is 30.5 Å². The van der Waals surface area contributed by atoms with Crippen LogP contribution in [0.5, 0.6) is 11.5 Å². The predicted octanol–water partition coefficient (Wildman–Crippen LogP) is 2.78. The minimum absolute atomic E-state index is 0.321. The quantitative estimate of drug-likeness (QED) is 0.767. The normalized spacial score (nSPS) is 11.4. The van der Waals surface area contributed by atoms with Gasteiger partial charge in [-0.15, -0.1) is 0 Å². The van der Waals surface area contributed by atoms with Gasteiger partial charge >= 0.3 is 0 Å². The van der Waals surface area contributed by atoms with Crippen LogP contribution >= 0.6 is 0 Å². The molecule has 2 aromatic carbocycles. The number of anilines is 1. The number of hydrogen-bond donors (Lipinski definition) is 2. The second-order valence-corrected chi connectivity index (χ2v) is 6.04. The average Bonchev–Trinajstić information content (AvgIpc) is 2.48. The first-order valence-electron chi connectivity index (χ1n) is 6.53. The van der Waals surface area contributed by atoms with Gasteiger partial charge in [0, 0.05) is 23.3 Å². The molecule has 8 heteroatoms. The third-order valence-electron chi connectivity index (χ3n) is 3.01. The summed E-state index contributed by atoms with van der Waals surface area (Å²) in [6, 6.07) is 12.1.